The van der Waals surface area contributed by atoms with Crippen LogP contribution in [0.3, 0.4) is 0 Å². The number of benzene rings is 1. The Morgan fingerprint density at radius 3 is 2.48 bits per heavy atom. The van der Waals surface area contributed by atoms with E-state index in [4.69, 9.17) is 0 Å². The van der Waals surface area contributed by atoms with Gasteiger partial charge >= 0.3 is 6.18 Å². The van der Waals surface area contributed by atoms with Crippen LogP contribution >= 0.6 is 0 Å². The van der Waals surface area contributed by atoms with Gasteiger partial charge in [0, 0.05) is 18.9 Å². The summed E-state index contributed by atoms with van der Waals surface area (Å²) in [5.74, 6) is 0.435. The highest BCUT2D eigenvalue weighted by Gasteiger charge is 2.29. The first-order chi connectivity index (χ1) is 9.98. The summed E-state index contributed by atoms with van der Waals surface area (Å²) in [5.41, 5.74) is 1.13. The molecule has 1 heterocycles. The fourth-order valence-corrected chi connectivity index (χ4v) is 2.15. The lowest BCUT2D eigenvalue weighted by atomic mass is 10.2. The van der Waals surface area contributed by atoms with Crippen LogP contribution in [0.25, 0.3) is 0 Å². The van der Waals surface area contributed by atoms with Gasteiger partial charge in [0.2, 0.25) is 0 Å². The molecule has 2 aromatic rings. The van der Waals surface area contributed by atoms with E-state index < -0.39 is 12.7 Å². The van der Waals surface area contributed by atoms with Crippen LogP contribution in [0.5, 0.6) is 0 Å². The third kappa shape index (κ3) is 4.90. The Morgan fingerprint density at radius 1 is 1.14 bits per heavy atom. The second kappa shape index (κ2) is 6.76. The average molecular weight is 297 g/mol. The molecule has 1 aromatic carbocycles. The SMILES string of the molecule is CCN(Cc1ccccc1)Cc1nccn1CC(F)(F)F. The van der Waals surface area contributed by atoms with Gasteiger partial charge in [-0.2, -0.15) is 13.2 Å². The van der Waals surface area contributed by atoms with Gasteiger partial charge in [0.1, 0.15) is 12.4 Å². The maximum Gasteiger partial charge on any atom is 0.406 e. The summed E-state index contributed by atoms with van der Waals surface area (Å²) in [7, 11) is 0. The predicted molar refractivity (Wildman–Crippen MR) is 74.5 cm³/mol. The van der Waals surface area contributed by atoms with Crippen molar-refractivity contribution in [3.8, 4) is 0 Å². The van der Waals surface area contributed by atoms with Gasteiger partial charge < -0.3 is 4.57 Å². The summed E-state index contributed by atoms with van der Waals surface area (Å²) < 4.78 is 38.7. The Labute approximate surface area is 122 Å². The number of aromatic nitrogens is 2. The molecule has 1 aromatic heterocycles. The minimum Gasteiger partial charge on any atom is -0.325 e. The zero-order chi connectivity index (χ0) is 15.3. The molecule has 0 unspecified atom stereocenters. The number of rotatable bonds is 6. The molecule has 0 aliphatic heterocycles. The summed E-state index contributed by atoms with van der Waals surface area (Å²) >= 11 is 0. The molecule has 0 bridgehead atoms. The average Bonchev–Trinajstić information content (AvgIpc) is 2.84. The van der Waals surface area contributed by atoms with E-state index in [0.29, 0.717) is 18.9 Å². The molecular weight excluding hydrogens is 279 g/mol. The van der Waals surface area contributed by atoms with Gasteiger partial charge in [-0.25, -0.2) is 4.98 Å². The lowest BCUT2D eigenvalue weighted by Gasteiger charge is -2.21. The number of imidazole rings is 1. The highest BCUT2D eigenvalue weighted by molar-refractivity contribution is 5.14. The van der Waals surface area contributed by atoms with Crippen molar-refractivity contribution in [3.05, 3.63) is 54.1 Å². The first-order valence-electron chi connectivity index (χ1n) is 6.81. The lowest BCUT2D eigenvalue weighted by Crippen LogP contribution is -2.26. The van der Waals surface area contributed by atoms with Crippen molar-refractivity contribution in [2.45, 2.75) is 32.7 Å². The standard InChI is InChI=1S/C15H18F3N3/c1-2-20(10-13-6-4-3-5-7-13)11-14-19-8-9-21(14)12-15(16,17)18/h3-9H,2,10-12H2,1H3. The fraction of sp³-hybridized carbons (Fsp3) is 0.400. The van der Waals surface area contributed by atoms with Crippen LogP contribution in [0.1, 0.15) is 18.3 Å². The van der Waals surface area contributed by atoms with Gasteiger partial charge in [-0.1, -0.05) is 37.3 Å². The molecule has 0 fully saturated rings. The number of nitrogens with zero attached hydrogens (tertiary/aromatic N) is 3. The molecule has 0 spiro atoms. The Kier molecular flexibility index (Phi) is 5.01. The van der Waals surface area contributed by atoms with E-state index in [1.165, 1.54) is 12.4 Å². The summed E-state index contributed by atoms with van der Waals surface area (Å²) in [6, 6.07) is 9.85. The van der Waals surface area contributed by atoms with Crippen LogP contribution in [0.4, 0.5) is 13.2 Å². The van der Waals surface area contributed by atoms with E-state index in [2.05, 4.69) is 9.88 Å². The van der Waals surface area contributed by atoms with Crippen molar-refractivity contribution < 1.29 is 13.2 Å². The molecule has 2 rings (SSSR count). The minimum atomic E-state index is -4.23. The molecule has 0 atom stereocenters. The Balaban J connectivity index is 2.04. The van der Waals surface area contributed by atoms with Crippen molar-refractivity contribution in [2.24, 2.45) is 0 Å². The molecule has 0 radical (unpaired) electrons. The molecule has 0 aliphatic carbocycles. The minimum absolute atomic E-state index is 0.397. The van der Waals surface area contributed by atoms with E-state index in [1.54, 1.807) is 0 Å². The second-order valence-corrected chi connectivity index (χ2v) is 4.88. The molecule has 0 amide bonds. The second-order valence-electron chi connectivity index (χ2n) is 4.88. The highest BCUT2D eigenvalue weighted by atomic mass is 19.4. The number of hydrogen-bond acceptors (Lipinski definition) is 2. The van der Waals surface area contributed by atoms with E-state index >= 15 is 0 Å². The van der Waals surface area contributed by atoms with Gasteiger partial charge in [-0.15, -0.1) is 0 Å². The van der Waals surface area contributed by atoms with Gasteiger partial charge in [0.25, 0.3) is 0 Å². The van der Waals surface area contributed by atoms with Crippen molar-refractivity contribution in [2.75, 3.05) is 6.54 Å². The van der Waals surface area contributed by atoms with Crippen LogP contribution in [-0.2, 0) is 19.6 Å². The summed E-state index contributed by atoms with van der Waals surface area (Å²) in [5, 5.41) is 0. The van der Waals surface area contributed by atoms with E-state index in [1.807, 2.05) is 37.3 Å². The predicted octanol–water partition coefficient (Wildman–Crippen LogP) is 3.47. The van der Waals surface area contributed by atoms with Crippen LogP contribution in [0.2, 0.25) is 0 Å². The van der Waals surface area contributed by atoms with E-state index in [0.717, 1.165) is 16.7 Å². The number of hydrogen-bond donors (Lipinski definition) is 0. The van der Waals surface area contributed by atoms with Gasteiger partial charge in [-0.3, -0.25) is 4.90 Å². The van der Waals surface area contributed by atoms with E-state index in [9.17, 15) is 13.2 Å². The first kappa shape index (κ1) is 15.6. The Hall–Kier alpha value is -1.82. The van der Waals surface area contributed by atoms with Gasteiger partial charge in [0.15, 0.2) is 0 Å². The maximum absolute atomic E-state index is 12.5. The summed E-state index contributed by atoms with van der Waals surface area (Å²) in [6.45, 7) is 2.82. The van der Waals surface area contributed by atoms with Crippen molar-refractivity contribution in [1.29, 1.82) is 0 Å². The Bertz CT molecular complexity index is 549. The molecule has 0 N–H and O–H groups in total. The van der Waals surface area contributed by atoms with E-state index in [-0.39, 0.29) is 0 Å². The van der Waals surface area contributed by atoms with Crippen LogP contribution < -0.4 is 0 Å². The fourth-order valence-electron chi connectivity index (χ4n) is 2.15. The summed E-state index contributed by atoms with van der Waals surface area (Å²) in [6.07, 6.45) is -1.44. The third-order valence-electron chi connectivity index (χ3n) is 3.21. The zero-order valence-corrected chi connectivity index (χ0v) is 11.8. The lowest BCUT2D eigenvalue weighted by molar-refractivity contribution is -0.141. The van der Waals surface area contributed by atoms with Crippen LogP contribution in [0.15, 0.2) is 42.7 Å². The van der Waals surface area contributed by atoms with Crippen LogP contribution in [0, 0.1) is 0 Å². The topological polar surface area (TPSA) is 21.1 Å². The van der Waals surface area contributed by atoms with Crippen molar-refractivity contribution in [1.82, 2.24) is 14.5 Å². The van der Waals surface area contributed by atoms with Crippen molar-refractivity contribution in [3.63, 3.8) is 0 Å². The molecule has 0 saturated heterocycles. The monoisotopic (exact) mass is 297 g/mol. The zero-order valence-electron chi connectivity index (χ0n) is 11.8. The highest BCUT2D eigenvalue weighted by Crippen LogP contribution is 2.19. The largest absolute Gasteiger partial charge is 0.406 e. The van der Waals surface area contributed by atoms with Crippen LogP contribution in [-0.4, -0.2) is 27.2 Å². The molecule has 3 nitrogen and oxygen atoms in total. The van der Waals surface area contributed by atoms with Crippen molar-refractivity contribution >= 4 is 0 Å². The molecule has 0 aliphatic rings. The maximum atomic E-state index is 12.5. The van der Waals surface area contributed by atoms with Gasteiger partial charge in [0.05, 0.1) is 6.54 Å². The molecule has 21 heavy (non-hydrogen) atoms. The molecular formula is C15H18F3N3. The molecule has 0 saturated carbocycles. The first-order valence-corrected chi connectivity index (χ1v) is 6.81. The third-order valence-corrected chi connectivity index (χ3v) is 3.21. The normalized spacial score (nSPS) is 12.0. The summed E-state index contributed by atoms with van der Waals surface area (Å²) in [4.78, 5) is 6.11. The quantitative estimate of drug-likeness (QED) is 0.814. The van der Waals surface area contributed by atoms with Gasteiger partial charge in [-0.05, 0) is 12.1 Å². The molecule has 6 heteroatoms. The molecule has 114 valence electrons. The number of halogens is 3. The number of alkyl halides is 3. The smallest absolute Gasteiger partial charge is 0.325 e. The Morgan fingerprint density at radius 2 is 1.86 bits per heavy atom.